The predicted molar refractivity (Wildman–Crippen MR) is 185 cm³/mol. The van der Waals surface area contributed by atoms with Crippen molar-refractivity contribution in [3.8, 4) is 0 Å². The lowest BCUT2D eigenvalue weighted by molar-refractivity contribution is -0.136. The van der Waals surface area contributed by atoms with Crippen molar-refractivity contribution in [2.45, 2.75) is 49.8 Å². The summed E-state index contributed by atoms with van der Waals surface area (Å²) in [6, 6.07) is 21.2. The molecule has 1 N–H and O–H groups in total. The molecule has 48 heavy (non-hydrogen) atoms. The summed E-state index contributed by atoms with van der Waals surface area (Å²) in [5, 5.41) is 5.63. The number of nitrogens with one attached hydrogen (secondary N) is 1. The number of rotatable bonds is 6. The number of esters is 1. The molecule has 0 radical (unpaired) electrons. The molecule has 9 nitrogen and oxygen atoms in total. The zero-order valence-electron chi connectivity index (χ0n) is 26.9. The molecule has 0 aromatic heterocycles. The highest BCUT2D eigenvalue weighted by Crippen LogP contribution is 2.51. The van der Waals surface area contributed by atoms with Crippen molar-refractivity contribution >= 4 is 53.5 Å². The van der Waals surface area contributed by atoms with Gasteiger partial charge in [0.2, 0.25) is 0 Å². The summed E-state index contributed by atoms with van der Waals surface area (Å²) in [6.07, 6.45) is 8.51. The maximum atomic E-state index is 13.8. The van der Waals surface area contributed by atoms with E-state index in [0.717, 1.165) is 42.2 Å². The van der Waals surface area contributed by atoms with E-state index < -0.39 is 13.7 Å². The Morgan fingerprint density at radius 1 is 0.729 bits per heavy atom. The number of amides is 3. The van der Waals surface area contributed by atoms with Gasteiger partial charge >= 0.3 is 5.97 Å². The summed E-state index contributed by atoms with van der Waals surface area (Å²) in [7, 11) is -2.25. The van der Waals surface area contributed by atoms with Crippen LogP contribution in [0.4, 0.5) is 11.4 Å². The highest BCUT2D eigenvalue weighted by atomic mass is 28.3. The molecule has 6 aliphatic heterocycles. The molecule has 3 aromatic rings. The van der Waals surface area contributed by atoms with Gasteiger partial charge in [0, 0.05) is 85.0 Å². The van der Waals surface area contributed by atoms with E-state index in [-0.39, 0.29) is 36.8 Å². The number of benzene rings is 3. The summed E-state index contributed by atoms with van der Waals surface area (Å²) < 4.78 is 6.67. The monoisotopic (exact) mass is 658 g/mol. The van der Waals surface area contributed by atoms with Gasteiger partial charge in [0.1, 0.15) is 8.07 Å². The van der Waals surface area contributed by atoms with Crippen molar-refractivity contribution in [3.05, 3.63) is 94.6 Å². The Balaban J connectivity index is 1.18. The largest absolute Gasteiger partial charge is 0.441 e. The van der Waals surface area contributed by atoms with Gasteiger partial charge in [-0.05, 0) is 77.8 Å². The quantitative estimate of drug-likeness (QED) is 0.247. The standard InChI is InChI=1S/C38H38N4O5Si/c43-34-12-13-35(44)42(34)19-14-39-36(45)25-6-9-28-31(22-25)38(47-37(28)46)29-10-7-26(40-15-4-16-40)23-32(29)48(20-2-1-3-21-48)33-24-27(8-11-30(33)38)41-17-5-18-41/h6-13,22-24H,1-5,14-21H2,(H,39,45). The van der Waals surface area contributed by atoms with Crippen LogP contribution in [0.5, 0.6) is 0 Å². The van der Waals surface area contributed by atoms with E-state index >= 15 is 0 Å². The van der Waals surface area contributed by atoms with Gasteiger partial charge in [-0.2, -0.15) is 0 Å². The molecule has 3 saturated heterocycles. The number of carbonyl (C=O) groups excluding carboxylic acids is 4. The Kier molecular flexibility index (Phi) is 6.69. The van der Waals surface area contributed by atoms with Crippen molar-refractivity contribution in [2.24, 2.45) is 0 Å². The number of nitrogens with zero attached hydrogens (tertiary/aromatic N) is 3. The van der Waals surface area contributed by atoms with Crippen molar-refractivity contribution in [3.63, 3.8) is 0 Å². The van der Waals surface area contributed by atoms with Crippen LogP contribution in [0.1, 0.15) is 69.5 Å². The third-order valence-electron chi connectivity index (χ3n) is 11.6. The van der Waals surface area contributed by atoms with Crippen LogP contribution in [0.15, 0.2) is 66.7 Å². The van der Waals surface area contributed by atoms with Gasteiger partial charge in [0.15, 0.2) is 5.60 Å². The molecule has 0 aliphatic carbocycles. The minimum atomic E-state index is -2.25. The fourth-order valence-corrected chi connectivity index (χ4v) is 14.6. The Morgan fingerprint density at radius 3 is 1.90 bits per heavy atom. The molecule has 0 unspecified atom stereocenters. The second-order valence-corrected chi connectivity index (χ2v) is 18.3. The van der Waals surface area contributed by atoms with Crippen molar-refractivity contribution in [1.82, 2.24) is 10.2 Å². The number of hydrogen-bond acceptors (Lipinski definition) is 7. The van der Waals surface area contributed by atoms with Gasteiger partial charge in [-0.25, -0.2) is 4.79 Å². The number of anilines is 2. The first kappa shape index (κ1) is 29.4. The summed E-state index contributed by atoms with van der Waals surface area (Å²) in [5.74, 6) is -1.48. The third-order valence-corrected chi connectivity index (χ3v) is 16.9. The van der Waals surface area contributed by atoms with Crippen LogP contribution in [0.25, 0.3) is 0 Å². The van der Waals surface area contributed by atoms with Crippen LogP contribution >= 0.6 is 0 Å². The van der Waals surface area contributed by atoms with Crippen LogP contribution < -0.4 is 25.5 Å². The molecule has 6 aliphatic rings. The molecule has 244 valence electrons. The molecule has 3 amide bonds. The Labute approximate surface area is 280 Å². The van der Waals surface area contributed by atoms with Crippen LogP contribution in [0.2, 0.25) is 12.1 Å². The molecule has 2 spiro atoms. The van der Waals surface area contributed by atoms with Gasteiger partial charge in [-0.15, -0.1) is 0 Å². The average Bonchev–Trinajstić information content (AvgIpc) is 3.53. The number of ether oxygens (including phenoxy) is 1. The second kappa shape index (κ2) is 10.9. The van der Waals surface area contributed by atoms with Gasteiger partial charge in [-0.1, -0.05) is 31.4 Å². The molecular weight excluding hydrogens is 621 g/mol. The summed E-state index contributed by atoms with van der Waals surface area (Å²) in [4.78, 5) is 57.4. The van der Waals surface area contributed by atoms with Crippen LogP contribution in [0, 0.1) is 0 Å². The first-order chi connectivity index (χ1) is 23.4. The fourth-order valence-electron chi connectivity index (χ4n) is 8.84. The highest BCUT2D eigenvalue weighted by molar-refractivity contribution is 7.03. The summed E-state index contributed by atoms with van der Waals surface area (Å²) in [5.41, 5.74) is 5.00. The zero-order valence-corrected chi connectivity index (χ0v) is 27.9. The van der Waals surface area contributed by atoms with Gasteiger partial charge in [-0.3, -0.25) is 19.3 Å². The Hall–Kier alpha value is -4.70. The first-order valence-electron chi connectivity index (χ1n) is 17.4. The minimum Gasteiger partial charge on any atom is -0.441 e. The smallest absolute Gasteiger partial charge is 0.340 e. The normalized spacial score (nSPS) is 21.1. The molecular formula is C38H38N4O5Si. The van der Waals surface area contributed by atoms with E-state index in [1.54, 1.807) is 12.1 Å². The van der Waals surface area contributed by atoms with Gasteiger partial charge in [0.05, 0.1) is 5.56 Å². The van der Waals surface area contributed by atoms with Crippen LogP contribution in [-0.4, -0.2) is 75.9 Å². The molecule has 3 fully saturated rings. The molecule has 0 bridgehead atoms. The zero-order chi connectivity index (χ0) is 32.6. The molecule has 6 heterocycles. The lowest BCUT2D eigenvalue weighted by Crippen LogP contribution is -2.67. The molecule has 3 aromatic carbocycles. The second-order valence-electron chi connectivity index (χ2n) is 14.0. The summed E-state index contributed by atoms with van der Waals surface area (Å²) in [6.45, 7) is 4.43. The topological polar surface area (TPSA) is 99.3 Å². The molecule has 10 heteroatoms. The maximum Gasteiger partial charge on any atom is 0.340 e. The van der Waals surface area contributed by atoms with Gasteiger partial charge < -0.3 is 19.9 Å². The minimum absolute atomic E-state index is 0.0824. The molecule has 0 atom stereocenters. The molecule has 9 rings (SSSR count). The van der Waals surface area contributed by atoms with E-state index in [0.29, 0.717) is 16.7 Å². The van der Waals surface area contributed by atoms with E-state index in [1.165, 1.54) is 78.1 Å². The van der Waals surface area contributed by atoms with Crippen LogP contribution in [0.3, 0.4) is 0 Å². The van der Waals surface area contributed by atoms with Crippen molar-refractivity contribution in [1.29, 1.82) is 0 Å². The predicted octanol–water partition coefficient (Wildman–Crippen LogP) is 3.28. The van der Waals surface area contributed by atoms with E-state index in [4.69, 9.17) is 4.74 Å². The number of imide groups is 1. The highest BCUT2D eigenvalue weighted by Gasteiger charge is 2.58. The SMILES string of the molecule is O=C(NCCN1C(=O)C=CC1=O)c1ccc2c(c1)C1(OC2=O)c2ccc(N3CCC3)cc2[Si]2(CCCCC2)c2cc(N3CCC3)ccc21. The summed E-state index contributed by atoms with van der Waals surface area (Å²) >= 11 is 0. The fraction of sp³-hybridized carbons (Fsp3) is 0.368. The number of hydrogen-bond donors (Lipinski definition) is 1. The molecule has 0 saturated carbocycles. The number of fused-ring (bicyclic) bond motifs is 8. The third kappa shape index (κ3) is 4.20. The lowest BCUT2D eigenvalue weighted by atomic mass is 9.78. The van der Waals surface area contributed by atoms with E-state index in [1.807, 2.05) is 6.07 Å². The van der Waals surface area contributed by atoms with Crippen molar-refractivity contribution < 1.29 is 23.9 Å². The average molecular weight is 659 g/mol. The Morgan fingerprint density at radius 2 is 1.33 bits per heavy atom. The van der Waals surface area contributed by atoms with Gasteiger partial charge in [0.25, 0.3) is 17.7 Å². The first-order valence-corrected chi connectivity index (χ1v) is 19.8. The maximum absolute atomic E-state index is 13.8. The number of carbonyl (C=O) groups is 4. The Bertz CT molecular complexity index is 1860. The lowest BCUT2D eigenvalue weighted by Gasteiger charge is -2.49. The van der Waals surface area contributed by atoms with E-state index in [9.17, 15) is 19.2 Å². The van der Waals surface area contributed by atoms with Crippen LogP contribution in [-0.2, 0) is 19.9 Å². The van der Waals surface area contributed by atoms with E-state index in [2.05, 4.69) is 51.5 Å². The van der Waals surface area contributed by atoms with Crippen molar-refractivity contribution in [2.75, 3.05) is 49.1 Å².